The maximum Gasteiger partial charge on any atom is 0.305 e. The second-order valence-electron chi connectivity index (χ2n) is 15.8. The van der Waals surface area contributed by atoms with Gasteiger partial charge in [-0.3, -0.25) is 4.79 Å². The lowest BCUT2D eigenvalue weighted by atomic mass is 10.0. The summed E-state index contributed by atoms with van der Waals surface area (Å²) in [7, 11) is 0. The summed E-state index contributed by atoms with van der Waals surface area (Å²) in [5.41, 5.74) is 0. The van der Waals surface area contributed by atoms with Gasteiger partial charge in [0.1, 0.15) is 0 Å². The standard InChI is InChI=1S/C47H92O3/c1-2-3-4-5-6-7-8-9-10-11-17-20-23-26-29-32-35-38-41-44-47(49)50-46-43-40-37-34-31-28-25-22-19-16-14-12-13-15-18-21-24-27-30-33-36-39-42-45-48/h9-10,48H,2-8,11-46H2,1H3. The molecule has 0 aromatic carbocycles. The zero-order valence-corrected chi connectivity index (χ0v) is 34.3. The van der Waals surface area contributed by atoms with E-state index in [4.69, 9.17) is 9.84 Å². The van der Waals surface area contributed by atoms with Gasteiger partial charge >= 0.3 is 5.97 Å². The first-order chi connectivity index (χ1) is 24.8. The van der Waals surface area contributed by atoms with Crippen LogP contribution >= 0.6 is 0 Å². The molecule has 3 heteroatoms. The molecule has 0 aliphatic carbocycles. The predicted molar refractivity (Wildman–Crippen MR) is 222 cm³/mol. The summed E-state index contributed by atoms with van der Waals surface area (Å²) in [6.07, 6.45) is 59.1. The summed E-state index contributed by atoms with van der Waals surface area (Å²) >= 11 is 0. The van der Waals surface area contributed by atoms with E-state index in [0.717, 1.165) is 19.3 Å². The number of aliphatic hydroxyl groups excluding tert-OH is 1. The average Bonchev–Trinajstić information content (AvgIpc) is 3.12. The Morgan fingerprint density at radius 3 is 1.00 bits per heavy atom. The van der Waals surface area contributed by atoms with E-state index in [1.807, 2.05) is 0 Å². The largest absolute Gasteiger partial charge is 0.466 e. The zero-order chi connectivity index (χ0) is 36.1. The van der Waals surface area contributed by atoms with Crippen molar-refractivity contribution in [2.45, 2.75) is 270 Å². The van der Waals surface area contributed by atoms with E-state index >= 15 is 0 Å². The van der Waals surface area contributed by atoms with E-state index in [1.165, 1.54) is 238 Å². The molecule has 0 aromatic heterocycles. The Hall–Kier alpha value is -0.830. The van der Waals surface area contributed by atoms with Crippen molar-refractivity contribution < 1.29 is 14.6 Å². The third-order valence-corrected chi connectivity index (χ3v) is 10.7. The van der Waals surface area contributed by atoms with Crippen molar-refractivity contribution >= 4 is 5.97 Å². The van der Waals surface area contributed by atoms with E-state index in [2.05, 4.69) is 19.1 Å². The quantitative estimate of drug-likeness (QED) is 0.0390. The molecule has 0 spiro atoms. The van der Waals surface area contributed by atoms with Crippen LogP contribution in [0.1, 0.15) is 270 Å². The van der Waals surface area contributed by atoms with Crippen molar-refractivity contribution in [3.05, 3.63) is 12.2 Å². The highest BCUT2D eigenvalue weighted by molar-refractivity contribution is 5.69. The molecular formula is C47H92O3. The maximum absolute atomic E-state index is 12.0. The molecular weight excluding hydrogens is 613 g/mol. The molecule has 0 bridgehead atoms. The van der Waals surface area contributed by atoms with Crippen molar-refractivity contribution in [1.29, 1.82) is 0 Å². The minimum absolute atomic E-state index is 0.0228. The number of hydrogen-bond acceptors (Lipinski definition) is 3. The Bertz CT molecular complexity index is 644. The van der Waals surface area contributed by atoms with Gasteiger partial charge in [-0.2, -0.15) is 0 Å². The van der Waals surface area contributed by atoms with Crippen LogP contribution in [0.25, 0.3) is 0 Å². The lowest BCUT2D eigenvalue weighted by molar-refractivity contribution is -0.143. The molecule has 0 amide bonds. The Labute approximate surface area is 315 Å². The van der Waals surface area contributed by atoms with Crippen LogP contribution in [0, 0.1) is 0 Å². The molecule has 0 radical (unpaired) electrons. The number of unbranched alkanes of at least 4 members (excludes halogenated alkanes) is 37. The number of ether oxygens (including phenoxy) is 1. The van der Waals surface area contributed by atoms with Gasteiger partial charge in [0.05, 0.1) is 6.61 Å². The average molecular weight is 705 g/mol. The van der Waals surface area contributed by atoms with Crippen molar-refractivity contribution in [3.8, 4) is 0 Å². The number of esters is 1. The minimum Gasteiger partial charge on any atom is -0.466 e. The SMILES string of the molecule is CCCCCCCCC=CCCCCCCCCCCCC(=O)OCCCCCCCCCCCCCCCCCCCCCCCCCO. The number of carbonyl (C=O) groups is 1. The van der Waals surface area contributed by atoms with Gasteiger partial charge in [0.15, 0.2) is 0 Å². The maximum atomic E-state index is 12.0. The zero-order valence-electron chi connectivity index (χ0n) is 34.3. The first kappa shape index (κ1) is 49.2. The number of carbonyl (C=O) groups excluding carboxylic acids is 1. The molecule has 0 heterocycles. The highest BCUT2D eigenvalue weighted by Gasteiger charge is 2.03. The van der Waals surface area contributed by atoms with Crippen LogP contribution in [-0.2, 0) is 9.53 Å². The fraction of sp³-hybridized carbons (Fsp3) is 0.936. The Kier molecular flexibility index (Phi) is 45.4. The van der Waals surface area contributed by atoms with Crippen LogP contribution in [0.3, 0.4) is 0 Å². The molecule has 0 saturated heterocycles. The van der Waals surface area contributed by atoms with Gasteiger partial charge in [0.2, 0.25) is 0 Å². The third kappa shape index (κ3) is 45.2. The number of aliphatic hydroxyl groups is 1. The monoisotopic (exact) mass is 705 g/mol. The molecule has 3 nitrogen and oxygen atoms in total. The van der Waals surface area contributed by atoms with E-state index in [-0.39, 0.29) is 5.97 Å². The fourth-order valence-corrected chi connectivity index (χ4v) is 7.23. The summed E-state index contributed by atoms with van der Waals surface area (Å²) < 4.78 is 5.48. The van der Waals surface area contributed by atoms with Gasteiger partial charge in [0.25, 0.3) is 0 Å². The van der Waals surface area contributed by atoms with Crippen molar-refractivity contribution in [3.63, 3.8) is 0 Å². The summed E-state index contributed by atoms with van der Waals surface area (Å²) in [5.74, 6) is 0.0228. The van der Waals surface area contributed by atoms with Crippen LogP contribution in [0.4, 0.5) is 0 Å². The van der Waals surface area contributed by atoms with Crippen LogP contribution in [0.5, 0.6) is 0 Å². The lowest BCUT2D eigenvalue weighted by Crippen LogP contribution is -2.05. The first-order valence-corrected chi connectivity index (χ1v) is 23.2. The summed E-state index contributed by atoms with van der Waals surface area (Å²) in [6, 6.07) is 0. The molecule has 298 valence electrons. The van der Waals surface area contributed by atoms with Crippen molar-refractivity contribution in [2.24, 2.45) is 0 Å². The molecule has 0 aromatic rings. The van der Waals surface area contributed by atoms with E-state index in [9.17, 15) is 4.79 Å². The van der Waals surface area contributed by atoms with Crippen molar-refractivity contribution in [2.75, 3.05) is 13.2 Å². The second-order valence-corrected chi connectivity index (χ2v) is 15.8. The van der Waals surface area contributed by atoms with Gasteiger partial charge in [-0.15, -0.1) is 0 Å². The third-order valence-electron chi connectivity index (χ3n) is 10.7. The van der Waals surface area contributed by atoms with Crippen LogP contribution in [0.15, 0.2) is 12.2 Å². The topological polar surface area (TPSA) is 46.5 Å². The van der Waals surface area contributed by atoms with Gasteiger partial charge in [-0.25, -0.2) is 0 Å². The molecule has 50 heavy (non-hydrogen) atoms. The van der Waals surface area contributed by atoms with Crippen molar-refractivity contribution in [1.82, 2.24) is 0 Å². The predicted octanol–water partition coefficient (Wildman–Crippen LogP) is 16.1. The number of hydrogen-bond donors (Lipinski definition) is 1. The number of allylic oxidation sites excluding steroid dienone is 2. The molecule has 0 aliphatic rings. The lowest BCUT2D eigenvalue weighted by Gasteiger charge is -2.06. The van der Waals surface area contributed by atoms with Gasteiger partial charge in [0, 0.05) is 13.0 Å². The van der Waals surface area contributed by atoms with E-state index in [1.54, 1.807) is 0 Å². The Balaban J connectivity index is 3.16. The van der Waals surface area contributed by atoms with Gasteiger partial charge < -0.3 is 9.84 Å². The summed E-state index contributed by atoms with van der Waals surface area (Å²) in [5, 5.41) is 8.81. The second kappa shape index (κ2) is 46.2. The Morgan fingerprint density at radius 1 is 0.380 bits per heavy atom. The number of rotatable bonds is 44. The first-order valence-electron chi connectivity index (χ1n) is 23.2. The Morgan fingerprint density at radius 2 is 0.660 bits per heavy atom. The summed E-state index contributed by atoms with van der Waals surface area (Å²) in [6.45, 7) is 3.28. The molecule has 0 saturated carbocycles. The molecule has 1 N–H and O–H groups in total. The molecule has 0 aliphatic heterocycles. The highest BCUT2D eigenvalue weighted by Crippen LogP contribution is 2.16. The van der Waals surface area contributed by atoms with Crippen LogP contribution in [0.2, 0.25) is 0 Å². The fourth-order valence-electron chi connectivity index (χ4n) is 7.23. The minimum atomic E-state index is 0.0228. The molecule has 0 unspecified atom stereocenters. The van der Waals surface area contributed by atoms with Gasteiger partial charge in [-0.05, 0) is 44.9 Å². The van der Waals surface area contributed by atoms with E-state index in [0.29, 0.717) is 19.6 Å². The van der Waals surface area contributed by atoms with Gasteiger partial charge in [-0.1, -0.05) is 231 Å². The molecule has 0 rings (SSSR count). The summed E-state index contributed by atoms with van der Waals surface area (Å²) in [4.78, 5) is 12.0. The van der Waals surface area contributed by atoms with Crippen LogP contribution in [-0.4, -0.2) is 24.3 Å². The normalized spacial score (nSPS) is 11.6. The highest BCUT2D eigenvalue weighted by atomic mass is 16.5. The van der Waals surface area contributed by atoms with E-state index < -0.39 is 0 Å². The molecule has 0 fully saturated rings. The molecule has 0 atom stereocenters. The van der Waals surface area contributed by atoms with Crippen LogP contribution < -0.4 is 0 Å². The smallest absolute Gasteiger partial charge is 0.305 e.